The van der Waals surface area contributed by atoms with Crippen LogP contribution in [0.5, 0.6) is 0 Å². The summed E-state index contributed by atoms with van der Waals surface area (Å²) in [4.78, 5) is 0. The Morgan fingerprint density at radius 3 is 2.35 bits per heavy atom. The predicted molar refractivity (Wildman–Crippen MR) is 71.1 cm³/mol. The monoisotopic (exact) mass is 219 g/mol. The second-order valence-corrected chi connectivity index (χ2v) is 3.82. The number of nitriles is 1. The maximum absolute atomic E-state index is 8.65. The number of hydrogen-bond donors (Lipinski definition) is 0. The van der Waals surface area contributed by atoms with Gasteiger partial charge in [-0.15, -0.1) is 0 Å². The van der Waals surface area contributed by atoms with Crippen molar-refractivity contribution in [3.8, 4) is 6.07 Å². The number of rotatable bonds is 3. The van der Waals surface area contributed by atoms with Gasteiger partial charge in [-0.3, -0.25) is 0 Å². The Morgan fingerprint density at radius 2 is 1.59 bits per heavy atom. The standard InChI is InChI=1S/C16H13N/c17-12-11-16-8-4-7-15(13-16)10-9-14-5-2-1-3-6-14/h1-10,13H,11H2. The van der Waals surface area contributed by atoms with Crippen molar-refractivity contribution >= 4 is 12.2 Å². The van der Waals surface area contributed by atoms with Gasteiger partial charge in [-0.2, -0.15) is 5.26 Å². The molecule has 0 saturated carbocycles. The molecule has 0 aliphatic rings. The van der Waals surface area contributed by atoms with E-state index in [2.05, 4.69) is 30.4 Å². The summed E-state index contributed by atoms with van der Waals surface area (Å²) in [5.74, 6) is 0. The zero-order valence-corrected chi connectivity index (χ0v) is 9.51. The van der Waals surface area contributed by atoms with E-state index in [1.54, 1.807) is 0 Å². The van der Waals surface area contributed by atoms with Crippen molar-refractivity contribution in [1.29, 1.82) is 5.26 Å². The van der Waals surface area contributed by atoms with E-state index in [0.29, 0.717) is 6.42 Å². The van der Waals surface area contributed by atoms with Crippen LogP contribution in [0.4, 0.5) is 0 Å². The van der Waals surface area contributed by atoms with Crippen LogP contribution in [-0.2, 0) is 6.42 Å². The van der Waals surface area contributed by atoms with Gasteiger partial charge in [-0.05, 0) is 16.7 Å². The van der Waals surface area contributed by atoms with Crippen LogP contribution in [0, 0.1) is 11.3 Å². The second kappa shape index (κ2) is 5.67. The third-order valence-corrected chi connectivity index (χ3v) is 2.50. The van der Waals surface area contributed by atoms with Gasteiger partial charge < -0.3 is 0 Å². The van der Waals surface area contributed by atoms with Crippen molar-refractivity contribution in [2.24, 2.45) is 0 Å². The largest absolute Gasteiger partial charge is 0.198 e. The van der Waals surface area contributed by atoms with Gasteiger partial charge in [-0.25, -0.2) is 0 Å². The molecule has 0 spiro atoms. The van der Waals surface area contributed by atoms with Gasteiger partial charge in [0.2, 0.25) is 0 Å². The smallest absolute Gasteiger partial charge is 0.0669 e. The van der Waals surface area contributed by atoms with Crippen molar-refractivity contribution < 1.29 is 0 Å². The number of hydrogen-bond acceptors (Lipinski definition) is 1. The molecule has 0 N–H and O–H groups in total. The van der Waals surface area contributed by atoms with Gasteiger partial charge in [0, 0.05) is 0 Å². The second-order valence-electron chi connectivity index (χ2n) is 3.82. The molecule has 0 radical (unpaired) electrons. The van der Waals surface area contributed by atoms with E-state index in [1.807, 2.05) is 42.5 Å². The first-order valence-electron chi connectivity index (χ1n) is 5.57. The Bertz CT molecular complexity index is 547. The van der Waals surface area contributed by atoms with Gasteiger partial charge in [0.15, 0.2) is 0 Å². The van der Waals surface area contributed by atoms with Crippen molar-refractivity contribution in [3.63, 3.8) is 0 Å². The molecule has 0 saturated heterocycles. The highest BCUT2D eigenvalue weighted by Gasteiger charge is 1.92. The van der Waals surface area contributed by atoms with Gasteiger partial charge in [0.1, 0.15) is 0 Å². The fourth-order valence-corrected chi connectivity index (χ4v) is 1.65. The fourth-order valence-electron chi connectivity index (χ4n) is 1.65. The number of nitrogens with zero attached hydrogens (tertiary/aromatic N) is 1. The molecule has 1 nitrogen and oxygen atoms in total. The summed E-state index contributed by atoms with van der Waals surface area (Å²) in [6, 6.07) is 20.4. The van der Waals surface area contributed by atoms with E-state index >= 15 is 0 Å². The zero-order chi connectivity index (χ0) is 11.9. The van der Waals surface area contributed by atoms with E-state index < -0.39 is 0 Å². The Kier molecular flexibility index (Phi) is 3.72. The Balaban J connectivity index is 2.16. The lowest BCUT2D eigenvalue weighted by Gasteiger charge is -1.97. The molecule has 0 atom stereocenters. The molecule has 0 unspecified atom stereocenters. The van der Waals surface area contributed by atoms with E-state index in [9.17, 15) is 0 Å². The van der Waals surface area contributed by atoms with Crippen LogP contribution < -0.4 is 0 Å². The fraction of sp³-hybridized carbons (Fsp3) is 0.0625. The molecule has 82 valence electrons. The summed E-state index contributed by atoms with van der Waals surface area (Å²) < 4.78 is 0. The van der Waals surface area contributed by atoms with Crippen LogP contribution in [0.2, 0.25) is 0 Å². The van der Waals surface area contributed by atoms with Gasteiger partial charge in [0.25, 0.3) is 0 Å². The molecule has 0 aliphatic carbocycles. The minimum absolute atomic E-state index is 0.465. The van der Waals surface area contributed by atoms with Crippen LogP contribution in [-0.4, -0.2) is 0 Å². The van der Waals surface area contributed by atoms with E-state index in [0.717, 1.165) is 11.1 Å². The third kappa shape index (κ3) is 3.32. The third-order valence-electron chi connectivity index (χ3n) is 2.50. The quantitative estimate of drug-likeness (QED) is 0.718. The zero-order valence-electron chi connectivity index (χ0n) is 9.51. The molecule has 0 heterocycles. The Hall–Kier alpha value is -2.33. The summed E-state index contributed by atoms with van der Waals surface area (Å²) in [5.41, 5.74) is 3.36. The van der Waals surface area contributed by atoms with Crippen LogP contribution >= 0.6 is 0 Å². The summed E-state index contributed by atoms with van der Waals surface area (Å²) in [6.45, 7) is 0. The topological polar surface area (TPSA) is 23.8 Å². The van der Waals surface area contributed by atoms with Crippen molar-refractivity contribution in [3.05, 3.63) is 71.3 Å². The summed E-state index contributed by atoms with van der Waals surface area (Å²) >= 11 is 0. The van der Waals surface area contributed by atoms with Gasteiger partial charge in [0.05, 0.1) is 12.5 Å². The molecule has 2 aromatic carbocycles. The highest BCUT2D eigenvalue weighted by molar-refractivity contribution is 5.69. The van der Waals surface area contributed by atoms with E-state index in [4.69, 9.17) is 5.26 Å². The lowest BCUT2D eigenvalue weighted by Crippen LogP contribution is -1.81. The number of benzene rings is 2. The van der Waals surface area contributed by atoms with Crippen molar-refractivity contribution in [1.82, 2.24) is 0 Å². The Labute approximate surface area is 102 Å². The summed E-state index contributed by atoms with van der Waals surface area (Å²) in [7, 11) is 0. The molecule has 0 amide bonds. The average molecular weight is 219 g/mol. The predicted octanol–water partition coefficient (Wildman–Crippen LogP) is 3.92. The molecule has 1 heteroatoms. The van der Waals surface area contributed by atoms with E-state index in [1.165, 1.54) is 5.56 Å². The van der Waals surface area contributed by atoms with Crippen LogP contribution in [0.1, 0.15) is 16.7 Å². The highest BCUT2D eigenvalue weighted by Crippen LogP contribution is 2.10. The molecule has 0 fully saturated rings. The molecule has 0 bridgehead atoms. The lowest BCUT2D eigenvalue weighted by molar-refractivity contribution is 1.26. The minimum Gasteiger partial charge on any atom is -0.198 e. The van der Waals surface area contributed by atoms with Crippen molar-refractivity contribution in [2.45, 2.75) is 6.42 Å². The SMILES string of the molecule is N#CCc1cccc(C=Cc2ccccc2)c1. The lowest BCUT2D eigenvalue weighted by atomic mass is 10.1. The minimum atomic E-state index is 0.465. The summed E-state index contributed by atoms with van der Waals surface area (Å²) in [5, 5.41) is 8.65. The molecular formula is C16H13N. The van der Waals surface area contributed by atoms with Gasteiger partial charge in [-0.1, -0.05) is 66.7 Å². The first kappa shape index (κ1) is 11.2. The normalized spacial score (nSPS) is 10.3. The van der Waals surface area contributed by atoms with Crippen LogP contribution in [0.3, 0.4) is 0 Å². The molecular weight excluding hydrogens is 206 g/mol. The summed E-state index contributed by atoms with van der Waals surface area (Å²) in [6.07, 6.45) is 4.61. The molecule has 2 rings (SSSR count). The average Bonchev–Trinajstić information content (AvgIpc) is 2.39. The first-order chi connectivity index (χ1) is 8.38. The molecule has 0 aliphatic heterocycles. The molecule has 17 heavy (non-hydrogen) atoms. The molecule has 2 aromatic rings. The van der Waals surface area contributed by atoms with Crippen LogP contribution in [0.15, 0.2) is 54.6 Å². The maximum atomic E-state index is 8.65. The van der Waals surface area contributed by atoms with Crippen molar-refractivity contribution in [2.75, 3.05) is 0 Å². The van der Waals surface area contributed by atoms with Gasteiger partial charge >= 0.3 is 0 Å². The molecule has 0 aromatic heterocycles. The highest BCUT2D eigenvalue weighted by atomic mass is 14.2. The first-order valence-corrected chi connectivity index (χ1v) is 5.57. The van der Waals surface area contributed by atoms with Crippen LogP contribution in [0.25, 0.3) is 12.2 Å². The Morgan fingerprint density at radius 1 is 0.882 bits per heavy atom. The van der Waals surface area contributed by atoms with E-state index in [-0.39, 0.29) is 0 Å². The maximum Gasteiger partial charge on any atom is 0.0669 e.